The van der Waals surface area contributed by atoms with Crippen molar-refractivity contribution in [1.29, 1.82) is 0 Å². The SMILES string of the molecule is NC(=O)CCNC(=O)C1(C(N)=NO)CCC1. The number of nitrogens with one attached hydrogen (secondary N) is 1. The van der Waals surface area contributed by atoms with Crippen molar-refractivity contribution in [3.63, 3.8) is 0 Å². The van der Waals surface area contributed by atoms with Gasteiger partial charge in [0.15, 0.2) is 5.84 Å². The fraction of sp³-hybridized carbons (Fsp3) is 0.667. The van der Waals surface area contributed by atoms with Crippen LogP contribution in [0.15, 0.2) is 5.16 Å². The van der Waals surface area contributed by atoms with Crippen molar-refractivity contribution in [3.8, 4) is 0 Å². The van der Waals surface area contributed by atoms with Gasteiger partial charge in [0.1, 0.15) is 5.41 Å². The average molecular weight is 228 g/mol. The molecule has 0 atom stereocenters. The number of hydrogen-bond donors (Lipinski definition) is 4. The van der Waals surface area contributed by atoms with E-state index >= 15 is 0 Å². The van der Waals surface area contributed by atoms with Crippen molar-refractivity contribution < 1.29 is 14.8 Å². The van der Waals surface area contributed by atoms with E-state index < -0.39 is 11.3 Å². The molecule has 0 radical (unpaired) electrons. The Labute approximate surface area is 92.8 Å². The van der Waals surface area contributed by atoms with Crippen molar-refractivity contribution in [2.24, 2.45) is 22.0 Å². The second-order valence-electron chi connectivity index (χ2n) is 3.89. The highest BCUT2D eigenvalue weighted by Crippen LogP contribution is 2.41. The zero-order chi connectivity index (χ0) is 12.2. The molecule has 0 saturated heterocycles. The molecule has 0 aromatic carbocycles. The highest BCUT2D eigenvalue weighted by molar-refractivity contribution is 6.07. The molecule has 16 heavy (non-hydrogen) atoms. The van der Waals surface area contributed by atoms with Crippen LogP contribution in [0.25, 0.3) is 0 Å². The summed E-state index contributed by atoms with van der Waals surface area (Å²) in [5.41, 5.74) is 9.54. The number of carbonyl (C=O) groups excluding carboxylic acids is 2. The van der Waals surface area contributed by atoms with E-state index in [4.69, 9.17) is 16.7 Å². The molecule has 7 heteroatoms. The standard InChI is InChI=1S/C9H16N4O3/c10-6(14)2-5-12-8(15)9(3-1-4-9)7(11)13-16/h16H,1-5H2,(H2,10,14)(H2,11,13)(H,12,15). The Morgan fingerprint density at radius 1 is 1.38 bits per heavy atom. The largest absolute Gasteiger partial charge is 0.409 e. The van der Waals surface area contributed by atoms with E-state index in [-0.39, 0.29) is 24.7 Å². The maximum Gasteiger partial charge on any atom is 0.233 e. The minimum atomic E-state index is -0.896. The number of oxime groups is 1. The monoisotopic (exact) mass is 228 g/mol. The molecule has 0 aromatic rings. The Bertz CT molecular complexity index is 323. The third-order valence-electron chi connectivity index (χ3n) is 2.90. The van der Waals surface area contributed by atoms with E-state index in [1.54, 1.807) is 0 Å². The van der Waals surface area contributed by atoms with Gasteiger partial charge in [-0.1, -0.05) is 11.6 Å². The number of nitrogens with zero attached hydrogens (tertiary/aromatic N) is 1. The summed E-state index contributed by atoms with van der Waals surface area (Å²) in [6.45, 7) is 0.175. The van der Waals surface area contributed by atoms with Crippen molar-refractivity contribution in [2.45, 2.75) is 25.7 Å². The zero-order valence-corrected chi connectivity index (χ0v) is 8.90. The van der Waals surface area contributed by atoms with Crippen LogP contribution >= 0.6 is 0 Å². The molecule has 0 bridgehead atoms. The van der Waals surface area contributed by atoms with Gasteiger partial charge in [-0.3, -0.25) is 9.59 Å². The van der Waals surface area contributed by atoms with Crippen LogP contribution in [0.3, 0.4) is 0 Å². The lowest BCUT2D eigenvalue weighted by molar-refractivity contribution is -0.131. The Kier molecular flexibility index (Phi) is 3.70. The van der Waals surface area contributed by atoms with Gasteiger partial charge < -0.3 is 22.0 Å². The molecule has 0 aromatic heterocycles. The van der Waals surface area contributed by atoms with E-state index in [1.165, 1.54) is 0 Å². The molecule has 2 amide bonds. The minimum Gasteiger partial charge on any atom is -0.409 e. The van der Waals surface area contributed by atoms with Gasteiger partial charge in [-0.05, 0) is 12.8 Å². The maximum absolute atomic E-state index is 11.8. The van der Waals surface area contributed by atoms with Crippen LogP contribution in [-0.2, 0) is 9.59 Å². The summed E-state index contributed by atoms with van der Waals surface area (Å²) in [4.78, 5) is 22.3. The lowest BCUT2D eigenvalue weighted by atomic mass is 9.67. The summed E-state index contributed by atoms with van der Waals surface area (Å²) in [5, 5.41) is 14.1. The van der Waals surface area contributed by atoms with Gasteiger partial charge in [-0.2, -0.15) is 0 Å². The van der Waals surface area contributed by atoms with Crippen LogP contribution in [0.1, 0.15) is 25.7 Å². The molecule has 1 rings (SSSR count). The summed E-state index contributed by atoms with van der Waals surface area (Å²) in [6.07, 6.45) is 2.06. The number of primary amides is 1. The maximum atomic E-state index is 11.8. The van der Waals surface area contributed by atoms with Crippen LogP contribution < -0.4 is 16.8 Å². The van der Waals surface area contributed by atoms with Crippen molar-refractivity contribution in [2.75, 3.05) is 6.54 Å². The number of amides is 2. The lowest BCUT2D eigenvalue weighted by Gasteiger charge is -2.38. The average Bonchev–Trinajstić information content (AvgIpc) is 2.15. The van der Waals surface area contributed by atoms with Gasteiger partial charge in [0.2, 0.25) is 11.8 Å². The summed E-state index contributed by atoms with van der Waals surface area (Å²) in [5.74, 6) is -0.864. The molecule has 1 fully saturated rings. The molecule has 1 aliphatic carbocycles. The fourth-order valence-electron chi connectivity index (χ4n) is 1.69. The molecule has 1 saturated carbocycles. The molecular weight excluding hydrogens is 212 g/mol. The van der Waals surface area contributed by atoms with Crippen LogP contribution in [-0.4, -0.2) is 29.4 Å². The molecule has 1 aliphatic rings. The normalized spacial score (nSPS) is 18.6. The molecule has 0 spiro atoms. The minimum absolute atomic E-state index is 0.0738. The number of rotatable bonds is 5. The van der Waals surface area contributed by atoms with Crippen LogP contribution in [0, 0.1) is 5.41 Å². The number of nitrogens with two attached hydrogens (primary N) is 2. The number of hydrogen-bond acceptors (Lipinski definition) is 4. The first-order valence-electron chi connectivity index (χ1n) is 5.07. The topological polar surface area (TPSA) is 131 Å². The summed E-state index contributed by atoms with van der Waals surface area (Å²) >= 11 is 0. The van der Waals surface area contributed by atoms with Gasteiger partial charge in [0, 0.05) is 13.0 Å². The van der Waals surface area contributed by atoms with Gasteiger partial charge >= 0.3 is 0 Å². The van der Waals surface area contributed by atoms with E-state index in [0.29, 0.717) is 12.8 Å². The Morgan fingerprint density at radius 2 is 2.00 bits per heavy atom. The smallest absolute Gasteiger partial charge is 0.233 e. The second kappa shape index (κ2) is 4.82. The number of amidine groups is 1. The Hall–Kier alpha value is -1.79. The third-order valence-corrected chi connectivity index (χ3v) is 2.90. The summed E-state index contributed by atoms with van der Waals surface area (Å²) < 4.78 is 0. The van der Waals surface area contributed by atoms with Crippen molar-refractivity contribution >= 4 is 17.6 Å². The quantitative estimate of drug-likeness (QED) is 0.206. The first kappa shape index (κ1) is 12.3. The molecule has 6 N–H and O–H groups in total. The van der Waals surface area contributed by atoms with Gasteiger partial charge in [0.05, 0.1) is 0 Å². The molecule has 0 heterocycles. The Balaban J connectivity index is 2.54. The van der Waals surface area contributed by atoms with Crippen molar-refractivity contribution in [3.05, 3.63) is 0 Å². The molecular formula is C9H16N4O3. The predicted molar refractivity (Wildman–Crippen MR) is 56.5 cm³/mol. The van der Waals surface area contributed by atoms with Crippen LogP contribution in [0.4, 0.5) is 0 Å². The second-order valence-corrected chi connectivity index (χ2v) is 3.89. The van der Waals surface area contributed by atoms with E-state index in [1.807, 2.05) is 0 Å². The van der Waals surface area contributed by atoms with Gasteiger partial charge in [-0.15, -0.1) is 0 Å². The lowest BCUT2D eigenvalue weighted by Crippen LogP contribution is -2.54. The van der Waals surface area contributed by atoms with Gasteiger partial charge in [0.25, 0.3) is 0 Å². The zero-order valence-electron chi connectivity index (χ0n) is 8.90. The fourth-order valence-corrected chi connectivity index (χ4v) is 1.69. The van der Waals surface area contributed by atoms with Crippen LogP contribution in [0.5, 0.6) is 0 Å². The summed E-state index contributed by atoms with van der Waals surface area (Å²) in [7, 11) is 0. The molecule has 7 nitrogen and oxygen atoms in total. The highest BCUT2D eigenvalue weighted by atomic mass is 16.4. The van der Waals surface area contributed by atoms with E-state index in [9.17, 15) is 9.59 Å². The Morgan fingerprint density at radius 3 is 2.38 bits per heavy atom. The molecule has 0 unspecified atom stereocenters. The van der Waals surface area contributed by atoms with Gasteiger partial charge in [-0.25, -0.2) is 0 Å². The number of carbonyl (C=O) groups is 2. The van der Waals surface area contributed by atoms with E-state index in [0.717, 1.165) is 6.42 Å². The van der Waals surface area contributed by atoms with E-state index in [2.05, 4.69) is 10.5 Å². The summed E-state index contributed by atoms with van der Waals surface area (Å²) in [6, 6.07) is 0. The molecule has 0 aliphatic heterocycles. The van der Waals surface area contributed by atoms with Crippen LogP contribution in [0.2, 0.25) is 0 Å². The van der Waals surface area contributed by atoms with Crippen molar-refractivity contribution in [1.82, 2.24) is 5.32 Å². The predicted octanol–water partition coefficient (Wildman–Crippen LogP) is -1.11. The first-order valence-corrected chi connectivity index (χ1v) is 5.07. The molecule has 90 valence electrons. The third kappa shape index (κ3) is 2.23. The highest BCUT2D eigenvalue weighted by Gasteiger charge is 2.48. The first-order chi connectivity index (χ1) is 7.53.